The molecule has 1 aromatic carbocycles. The summed E-state index contributed by atoms with van der Waals surface area (Å²) >= 11 is 0. The number of furan rings is 1. The van der Waals surface area contributed by atoms with Crippen LogP contribution < -0.4 is 5.32 Å². The molecule has 1 saturated carbocycles. The predicted octanol–water partition coefficient (Wildman–Crippen LogP) is 4.56. The molecule has 33 heavy (non-hydrogen) atoms. The molecule has 1 aliphatic carbocycles. The molecule has 0 spiro atoms. The van der Waals surface area contributed by atoms with E-state index < -0.39 is 0 Å². The smallest absolute Gasteiger partial charge is 0.286 e. The van der Waals surface area contributed by atoms with Gasteiger partial charge in [-0.25, -0.2) is 4.98 Å². The fourth-order valence-corrected chi connectivity index (χ4v) is 4.69. The van der Waals surface area contributed by atoms with Gasteiger partial charge in [-0.2, -0.15) is 0 Å². The van der Waals surface area contributed by atoms with Crippen LogP contribution in [0.15, 0.2) is 47.1 Å². The number of hydrogen-bond acceptors (Lipinski definition) is 4. The Labute approximate surface area is 195 Å². The fraction of sp³-hybridized carbons (Fsp3) is 0.500. The highest BCUT2D eigenvalue weighted by molar-refractivity contribution is 5.91. The number of nitrogens with one attached hydrogen (secondary N) is 1. The molecule has 0 radical (unpaired) electrons. The van der Waals surface area contributed by atoms with Crippen LogP contribution >= 0.6 is 0 Å². The van der Waals surface area contributed by atoms with Gasteiger partial charge in [0.25, 0.3) is 5.91 Å². The average Bonchev–Trinajstić information content (AvgIpc) is 3.50. The topological polar surface area (TPSA) is 80.4 Å². The van der Waals surface area contributed by atoms with Crippen LogP contribution in [0.5, 0.6) is 0 Å². The molecule has 0 bridgehead atoms. The number of likely N-dealkylation sites (N-methyl/N-ethyl adjacent to an activating group) is 1. The van der Waals surface area contributed by atoms with Gasteiger partial charge in [0.05, 0.1) is 17.3 Å². The number of fused-ring (bicyclic) bond motifs is 1. The molecule has 0 unspecified atom stereocenters. The molecule has 0 atom stereocenters. The lowest BCUT2D eigenvalue weighted by Crippen LogP contribution is -2.40. The number of benzene rings is 1. The molecule has 2 heterocycles. The van der Waals surface area contributed by atoms with Crippen molar-refractivity contribution in [3.63, 3.8) is 0 Å². The van der Waals surface area contributed by atoms with Gasteiger partial charge in [0, 0.05) is 26.1 Å². The third-order valence-electron chi connectivity index (χ3n) is 6.65. The van der Waals surface area contributed by atoms with Crippen LogP contribution in [0.3, 0.4) is 0 Å². The first-order chi connectivity index (χ1) is 16.1. The second-order valence-electron chi connectivity index (χ2n) is 8.94. The SMILES string of the molecule is CN(C(=O)Cn1c(CCCCCNC(=O)c2ccco2)nc2ccccc21)C1CCCCC1. The first-order valence-corrected chi connectivity index (χ1v) is 12.1. The zero-order chi connectivity index (χ0) is 23.0. The molecular weight excluding hydrogens is 416 g/mol. The van der Waals surface area contributed by atoms with Crippen LogP contribution in [0.4, 0.5) is 0 Å². The molecule has 0 saturated heterocycles. The van der Waals surface area contributed by atoms with E-state index in [0.29, 0.717) is 24.9 Å². The molecule has 1 N–H and O–H groups in total. The standard InChI is InChI=1S/C26H34N4O3/c1-29(20-11-4-2-5-12-20)25(31)19-30-22-14-8-7-13-21(22)28-24(30)16-6-3-9-17-27-26(32)23-15-10-18-33-23/h7-8,10,13-15,18,20H,2-6,9,11-12,16-17,19H2,1H3,(H,27,32). The summed E-state index contributed by atoms with van der Waals surface area (Å²) in [5.41, 5.74) is 1.95. The lowest BCUT2D eigenvalue weighted by molar-refractivity contribution is -0.133. The highest BCUT2D eigenvalue weighted by Gasteiger charge is 2.23. The van der Waals surface area contributed by atoms with E-state index in [9.17, 15) is 9.59 Å². The number of aryl methyl sites for hydroxylation is 1. The minimum Gasteiger partial charge on any atom is -0.459 e. The Hall–Kier alpha value is -3.09. The molecule has 0 aliphatic heterocycles. The Kier molecular flexibility index (Phi) is 7.81. The molecule has 7 nitrogen and oxygen atoms in total. The summed E-state index contributed by atoms with van der Waals surface area (Å²) < 4.78 is 7.20. The van der Waals surface area contributed by atoms with Crippen LogP contribution in [-0.4, -0.2) is 45.9 Å². The van der Waals surface area contributed by atoms with Crippen LogP contribution in [0.1, 0.15) is 67.7 Å². The molecule has 1 aliphatic rings. The zero-order valence-corrected chi connectivity index (χ0v) is 19.5. The summed E-state index contributed by atoms with van der Waals surface area (Å²) in [6, 6.07) is 11.8. The summed E-state index contributed by atoms with van der Waals surface area (Å²) in [5, 5.41) is 2.88. The van der Waals surface area contributed by atoms with E-state index in [4.69, 9.17) is 9.40 Å². The summed E-state index contributed by atoms with van der Waals surface area (Å²) in [4.78, 5) is 31.8. The number of unbranched alkanes of at least 4 members (excludes halogenated alkanes) is 2. The maximum absolute atomic E-state index is 13.1. The number of nitrogens with zero attached hydrogens (tertiary/aromatic N) is 3. The average molecular weight is 451 g/mol. The number of rotatable bonds is 10. The third kappa shape index (κ3) is 5.83. The Morgan fingerprint density at radius 3 is 2.70 bits per heavy atom. The summed E-state index contributed by atoms with van der Waals surface area (Å²) in [5.74, 6) is 1.28. The van der Waals surface area contributed by atoms with Crippen molar-refractivity contribution in [3.8, 4) is 0 Å². The molecular formula is C26H34N4O3. The molecule has 4 rings (SSSR count). The van der Waals surface area contributed by atoms with E-state index in [-0.39, 0.29) is 11.8 Å². The van der Waals surface area contributed by atoms with Gasteiger partial charge >= 0.3 is 0 Å². The molecule has 2 aromatic heterocycles. The lowest BCUT2D eigenvalue weighted by Gasteiger charge is -2.31. The van der Waals surface area contributed by atoms with Gasteiger partial charge in [0.1, 0.15) is 12.4 Å². The van der Waals surface area contributed by atoms with Crippen molar-refractivity contribution in [1.29, 1.82) is 0 Å². The first kappa shape index (κ1) is 23.1. The van der Waals surface area contributed by atoms with Crippen LogP contribution in [0.25, 0.3) is 11.0 Å². The van der Waals surface area contributed by atoms with Gasteiger partial charge in [0.15, 0.2) is 5.76 Å². The minimum atomic E-state index is -0.178. The van der Waals surface area contributed by atoms with E-state index in [2.05, 4.69) is 9.88 Å². The quantitative estimate of drug-likeness (QED) is 0.459. The van der Waals surface area contributed by atoms with Crippen molar-refractivity contribution in [1.82, 2.24) is 19.8 Å². The summed E-state index contributed by atoms with van der Waals surface area (Å²) in [7, 11) is 1.95. The third-order valence-corrected chi connectivity index (χ3v) is 6.65. The largest absolute Gasteiger partial charge is 0.459 e. The van der Waals surface area contributed by atoms with Crippen LogP contribution in [0, 0.1) is 0 Å². The maximum Gasteiger partial charge on any atom is 0.286 e. The maximum atomic E-state index is 13.1. The Morgan fingerprint density at radius 2 is 1.91 bits per heavy atom. The van der Waals surface area contributed by atoms with Gasteiger partial charge < -0.3 is 19.2 Å². The van der Waals surface area contributed by atoms with E-state index in [1.165, 1.54) is 25.5 Å². The number of amides is 2. The molecule has 1 fully saturated rings. The summed E-state index contributed by atoms with van der Waals surface area (Å²) in [6.45, 7) is 0.947. The van der Waals surface area contributed by atoms with Gasteiger partial charge in [-0.3, -0.25) is 9.59 Å². The second kappa shape index (κ2) is 11.2. The van der Waals surface area contributed by atoms with Crippen molar-refractivity contribution >= 4 is 22.8 Å². The molecule has 3 aromatic rings. The zero-order valence-electron chi connectivity index (χ0n) is 19.5. The Morgan fingerprint density at radius 1 is 1.09 bits per heavy atom. The van der Waals surface area contributed by atoms with Gasteiger partial charge in [-0.1, -0.05) is 37.8 Å². The minimum absolute atomic E-state index is 0.159. The van der Waals surface area contributed by atoms with Gasteiger partial charge in [-0.05, 0) is 49.9 Å². The lowest BCUT2D eigenvalue weighted by atomic mass is 9.94. The van der Waals surface area contributed by atoms with Crippen molar-refractivity contribution in [2.24, 2.45) is 0 Å². The molecule has 176 valence electrons. The van der Waals surface area contributed by atoms with E-state index in [1.54, 1.807) is 12.1 Å². The first-order valence-electron chi connectivity index (χ1n) is 12.1. The number of hydrogen-bond donors (Lipinski definition) is 1. The Balaban J connectivity index is 1.32. The highest BCUT2D eigenvalue weighted by atomic mass is 16.3. The predicted molar refractivity (Wildman–Crippen MR) is 128 cm³/mol. The van der Waals surface area contributed by atoms with E-state index in [1.807, 2.05) is 36.2 Å². The van der Waals surface area contributed by atoms with Crippen molar-refractivity contribution in [2.45, 2.75) is 70.4 Å². The van der Waals surface area contributed by atoms with Crippen LogP contribution in [0.2, 0.25) is 0 Å². The number of aromatic nitrogens is 2. The second-order valence-corrected chi connectivity index (χ2v) is 8.94. The van der Waals surface area contributed by atoms with Gasteiger partial charge in [-0.15, -0.1) is 0 Å². The fourth-order valence-electron chi connectivity index (χ4n) is 4.69. The van der Waals surface area contributed by atoms with E-state index >= 15 is 0 Å². The van der Waals surface area contributed by atoms with Gasteiger partial charge in [0.2, 0.25) is 5.91 Å². The highest BCUT2D eigenvalue weighted by Crippen LogP contribution is 2.23. The number of carbonyl (C=O) groups is 2. The number of imidazole rings is 1. The molecule has 7 heteroatoms. The van der Waals surface area contributed by atoms with Crippen molar-refractivity contribution in [3.05, 3.63) is 54.2 Å². The van der Waals surface area contributed by atoms with Crippen molar-refractivity contribution < 1.29 is 14.0 Å². The number of para-hydroxylation sites is 2. The Bertz CT molecular complexity index is 1050. The number of carbonyl (C=O) groups excluding carboxylic acids is 2. The van der Waals surface area contributed by atoms with Crippen LogP contribution in [-0.2, 0) is 17.8 Å². The normalized spacial score (nSPS) is 14.5. The summed E-state index contributed by atoms with van der Waals surface area (Å²) in [6.07, 6.45) is 11.0. The monoisotopic (exact) mass is 450 g/mol. The molecule has 2 amide bonds. The van der Waals surface area contributed by atoms with E-state index in [0.717, 1.165) is 55.4 Å². The van der Waals surface area contributed by atoms with Crippen molar-refractivity contribution in [2.75, 3.05) is 13.6 Å².